The highest BCUT2D eigenvalue weighted by Crippen LogP contribution is 2.15. The number of rotatable bonds is 4. The number of furan rings is 1. The Balaban J connectivity index is 1.56. The van der Waals surface area contributed by atoms with Crippen LogP contribution in [0.4, 0.5) is 0 Å². The van der Waals surface area contributed by atoms with Gasteiger partial charge in [0.2, 0.25) is 5.91 Å². The number of hydrogen-bond acceptors (Lipinski definition) is 4. The van der Waals surface area contributed by atoms with Gasteiger partial charge in [-0.05, 0) is 36.4 Å². The lowest BCUT2D eigenvalue weighted by Gasteiger charge is -2.34. The largest absolute Gasteiger partial charge is 0.497 e. The molecule has 1 aromatic carbocycles. The summed E-state index contributed by atoms with van der Waals surface area (Å²) in [6, 6.07) is 10.7. The van der Waals surface area contributed by atoms with Crippen LogP contribution in [-0.4, -0.2) is 54.9 Å². The van der Waals surface area contributed by atoms with Gasteiger partial charge in [0, 0.05) is 37.8 Å². The second-order valence-corrected chi connectivity index (χ2v) is 5.70. The summed E-state index contributed by atoms with van der Waals surface area (Å²) in [5.41, 5.74) is 0.594. The number of benzene rings is 1. The first-order chi connectivity index (χ1) is 12.2. The number of hydrogen-bond donors (Lipinski definition) is 0. The maximum absolute atomic E-state index is 12.6. The van der Waals surface area contributed by atoms with Crippen LogP contribution >= 0.6 is 0 Å². The van der Waals surface area contributed by atoms with Crippen molar-refractivity contribution in [1.82, 2.24) is 9.80 Å². The molecule has 2 heterocycles. The average Bonchev–Trinajstić information content (AvgIpc) is 3.19. The molecular formula is C19H20N2O4. The van der Waals surface area contributed by atoms with Crippen molar-refractivity contribution in [2.45, 2.75) is 0 Å². The van der Waals surface area contributed by atoms with Gasteiger partial charge in [0.15, 0.2) is 0 Å². The Kier molecular flexibility index (Phi) is 5.18. The summed E-state index contributed by atoms with van der Waals surface area (Å²) in [6.07, 6.45) is 4.71. The molecule has 3 rings (SSSR count). The lowest BCUT2D eigenvalue weighted by atomic mass is 10.1. The first-order valence-corrected chi connectivity index (χ1v) is 8.11. The van der Waals surface area contributed by atoms with Crippen molar-refractivity contribution >= 4 is 17.9 Å². The Hall–Kier alpha value is -3.02. The first kappa shape index (κ1) is 16.8. The SMILES string of the molecule is COc1cccc(C(=O)N2CCN(C(=O)/C=C/c3ccco3)CC2)c1. The number of carbonyl (C=O) groups is 2. The van der Waals surface area contributed by atoms with Gasteiger partial charge in [0.05, 0.1) is 13.4 Å². The molecule has 0 aliphatic carbocycles. The molecule has 0 atom stereocenters. The highest BCUT2D eigenvalue weighted by Gasteiger charge is 2.24. The highest BCUT2D eigenvalue weighted by molar-refractivity contribution is 5.95. The van der Waals surface area contributed by atoms with E-state index in [1.165, 1.54) is 6.08 Å². The highest BCUT2D eigenvalue weighted by atomic mass is 16.5. The van der Waals surface area contributed by atoms with E-state index in [0.717, 1.165) is 0 Å². The Morgan fingerprint density at radius 2 is 1.84 bits per heavy atom. The molecular weight excluding hydrogens is 320 g/mol. The molecule has 0 spiro atoms. The molecule has 0 saturated carbocycles. The van der Waals surface area contributed by atoms with E-state index in [1.54, 1.807) is 65.6 Å². The number of piperazine rings is 1. The zero-order valence-corrected chi connectivity index (χ0v) is 14.1. The zero-order valence-electron chi connectivity index (χ0n) is 14.1. The summed E-state index contributed by atoms with van der Waals surface area (Å²) in [5.74, 6) is 1.17. The molecule has 1 aliphatic rings. The minimum absolute atomic E-state index is 0.0443. The topological polar surface area (TPSA) is 63.0 Å². The molecule has 0 unspecified atom stereocenters. The number of methoxy groups -OCH3 is 1. The van der Waals surface area contributed by atoms with E-state index in [9.17, 15) is 9.59 Å². The van der Waals surface area contributed by atoms with E-state index < -0.39 is 0 Å². The van der Waals surface area contributed by atoms with Crippen molar-refractivity contribution in [3.05, 3.63) is 60.1 Å². The molecule has 1 aromatic heterocycles. The monoisotopic (exact) mass is 340 g/mol. The summed E-state index contributed by atoms with van der Waals surface area (Å²) in [4.78, 5) is 28.3. The van der Waals surface area contributed by atoms with Gasteiger partial charge >= 0.3 is 0 Å². The standard InChI is InChI=1S/C19H20N2O4/c1-24-17-5-2-4-15(14-17)19(23)21-11-9-20(10-12-21)18(22)8-7-16-6-3-13-25-16/h2-8,13-14H,9-12H2,1H3/b8-7+. The van der Waals surface area contributed by atoms with Crippen molar-refractivity contribution in [2.24, 2.45) is 0 Å². The van der Waals surface area contributed by atoms with Gasteiger partial charge in [-0.1, -0.05) is 6.07 Å². The molecule has 25 heavy (non-hydrogen) atoms. The predicted molar refractivity (Wildman–Crippen MR) is 93.2 cm³/mol. The molecule has 0 bridgehead atoms. The molecule has 1 saturated heterocycles. The third kappa shape index (κ3) is 4.09. The third-order valence-electron chi connectivity index (χ3n) is 4.13. The smallest absolute Gasteiger partial charge is 0.254 e. The fraction of sp³-hybridized carbons (Fsp3) is 0.263. The van der Waals surface area contributed by atoms with Crippen molar-refractivity contribution in [2.75, 3.05) is 33.3 Å². The van der Waals surface area contributed by atoms with Crippen LogP contribution in [0, 0.1) is 0 Å². The van der Waals surface area contributed by atoms with Crippen molar-refractivity contribution in [3.8, 4) is 5.75 Å². The van der Waals surface area contributed by atoms with E-state index >= 15 is 0 Å². The Morgan fingerprint density at radius 1 is 1.08 bits per heavy atom. The maximum Gasteiger partial charge on any atom is 0.254 e. The van der Waals surface area contributed by atoms with Gasteiger partial charge in [0.25, 0.3) is 5.91 Å². The predicted octanol–water partition coefficient (Wildman–Crippen LogP) is 2.29. The van der Waals surface area contributed by atoms with E-state index in [0.29, 0.717) is 43.3 Å². The molecule has 6 nitrogen and oxygen atoms in total. The van der Waals surface area contributed by atoms with Crippen LogP contribution in [0.15, 0.2) is 53.2 Å². The Labute approximate surface area is 146 Å². The van der Waals surface area contributed by atoms with Gasteiger partial charge in [-0.3, -0.25) is 9.59 Å². The Bertz CT molecular complexity index is 759. The number of ether oxygens (including phenoxy) is 1. The van der Waals surface area contributed by atoms with Crippen LogP contribution in [0.3, 0.4) is 0 Å². The molecule has 6 heteroatoms. The lowest BCUT2D eigenvalue weighted by Crippen LogP contribution is -2.50. The van der Waals surface area contributed by atoms with Crippen LogP contribution in [0.2, 0.25) is 0 Å². The van der Waals surface area contributed by atoms with Crippen LogP contribution in [-0.2, 0) is 4.79 Å². The van der Waals surface area contributed by atoms with Gasteiger partial charge in [-0.2, -0.15) is 0 Å². The van der Waals surface area contributed by atoms with E-state index in [2.05, 4.69) is 0 Å². The molecule has 1 aliphatic heterocycles. The average molecular weight is 340 g/mol. The molecule has 130 valence electrons. The molecule has 2 amide bonds. The second kappa shape index (κ2) is 7.70. The molecule has 0 N–H and O–H groups in total. The fourth-order valence-electron chi connectivity index (χ4n) is 2.71. The summed E-state index contributed by atoms with van der Waals surface area (Å²) in [5, 5.41) is 0. The van der Waals surface area contributed by atoms with Crippen LogP contribution in [0.1, 0.15) is 16.1 Å². The van der Waals surface area contributed by atoms with Gasteiger partial charge in [-0.15, -0.1) is 0 Å². The maximum atomic E-state index is 12.6. The summed E-state index contributed by atoms with van der Waals surface area (Å²) < 4.78 is 10.3. The van der Waals surface area contributed by atoms with Crippen molar-refractivity contribution < 1.29 is 18.7 Å². The molecule has 1 fully saturated rings. The van der Waals surface area contributed by atoms with Crippen LogP contribution < -0.4 is 4.74 Å². The lowest BCUT2D eigenvalue weighted by molar-refractivity contribution is -0.127. The van der Waals surface area contributed by atoms with Crippen LogP contribution in [0.25, 0.3) is 6.08 Å². The quantitative estimate of drug-likeness (QED) is 0.801. The third-order valence-corrected chi connectivity index (χ3v) is 4.13. The van der Waals surface area contributed by atoms with Gasteiger partial charge in [-0.25, -0.2) is 0 Å². The zero-order chi connectivity index (χ0) is 17.6. The second-order valence-electron chi connectivity index (χ2n) is 5.70. The molecule has 0 radical (unpaired) electrons. The van der Waals surface area contributed by atoms with Crippen molar-refractivity contribution in [1.29, 1.82) is 0 Å². The van der Waals surface area contributed by atoms with Gasteiger partial charge in [0.1, 0.15) is 11.5 Å². The number of nitrogens with zero attached hydrogens (tertiary/aromatic N) is 2. The summed E-state index contributed by atoms with van der Waals surface area (Å²) in [7, 11) is 1.57. The Morgan fingerprint density at radius 3 is 2.52 bits per heavy atom. The van der Waals surface area contributed by atoms with Crippen LogP contribution in [0.5, 0.6) is 5.75 Å². The number of amides is 2. The summed E-state index contributed by atoms with van der Waals surface area (Å²) >= 11 is 0. The minimum Gasteiger partial charge on any atom is -0.497 e. The van der Waals surface area contributed by atoms with E-state index in [4.69, 9.17) is 9.15 Å². The first-order valence-electron chi connectivity index (χ1n) is 8.11. The number of carbonyl (C=O) groups excluding carboxylic acids is 2. The van der Waals surface area contributed by atoms with Gasteiger partial charge < -0.3 is 19.0 Å². The summed E-state index contributed by atoms with van der Waals surface area (Å²) in [6.45, 7) is 2.04. The fourth-order valence-corrected chi connectivity index (χ4v) is 2.71. The minimum atomic E-state index is -0.0788. The van der Waals surface area contributed by atoms with E-state index in [-0.39, 0.29) is 11.8 Å². The normalized spacial score (nSPS) is 14.8. The van der Waals surface area contributed by atoms with E-state index in [1.807, 2.05) is 0 Å². The van der Waals surface area contributed by atoms with Crippen molar-refractivity contribution in [3.63, 3.8) is 0 Å². The molecule has 2 aromatic rings.